The Labute approximate surface area is 337 Å². The highest BCUT2D eigenvalue weighted by molar-refractivity contribution is 5.76. The third-order valence-electron chi connectivity index (χ3n) is 11.0. The Bertz CT molecular complexity index is 914. The smallest absolute Gasteiger partial charge is 0.220 e. The highest BCUT2D eigenvalue weighted by Crippen LogP contribution is 2.23. The second-order valence-electron chi connectivity index (χ2n) is 16.2. The third-order valence-corrected chi connectivity index (χ3v) is 11.0. The van der Waals surface area contributed by atoms with Crippen LogP contribution in [0.1, 0.15) is 206 Å². The first kappa shape index (κ1) is 51.7. The number of carbonyl (C=O) groups is 1. The van der Waals surface area contributed by atoms with E-state index in [1.54, 1.807) is 6.08 Å². The van der Waals surface area contributed by atoms with Crippen LogP contribution in [-0.2, 0) is 14.3 Å². The predicted octanol–water partition coefficient (Wildman–Crippen LogP) is 9.50. The van der Waals surface area contributed by atoms with Gasteiger partial charge in [0.1, 0.15) is 24.4 Å². The summed E-state index contributed by atoms with van der Waals surface area (Å²) in [5.74, 6) is -0.178. The summed E-state index contributed by atoms with van der Waals surface area (Å²) in [6.07, 6.45) is 36.5. The fourth-order valence-electron chi connectivity index (χ4n) is 7.28. The van der Waals surface area contributed by atoms with Crippen molar-refractivity contribution in [3.8, 4) is 0 Å². The van der Waals surface area contributed by atoms with Crippen molar-refractivity contribution in [3.63, 3.8) is 0 Å². The molecule has 0 aromatic rings. The Morgan fingerprint density at radius 1 is 0.600 bits per heavy atom. The van der Waals surface area contributed by atoms with Crippen molar-refractivity contribution < 1.29 is 39.8 Å². The molecule has 1 amide bonds. The summed E-state index contributed by atoms with van der Waals surface area (Å²) < 4.78 is 11.2. The Balaban J connectivity index is 2.32. The molecule has 0 spiro atoms. The molecule has 1 heterocycles. The summed E-state index contributed by atoms with van der Waals surface area (Å²) in [5, 5.41) is 54.1. The SMILES string of the molecule is CCC/C=C\CCCCCCCC/C=C/[C@@H](O)[C@H](CO[C@@H]1O[C@H](CO)[C@H](O)[C@H](O)[C@H]1O)NC(=O)CCCCCCCCCCCCCCCCCCCCC. The van der Waals surface area contributed by atoms with Gasteiger partial charge in [0.15, 0.2) is 6.29 Å². The number of hydrogen-bond donors (Lipinski definition) is 6. The Morgan fingerprint density at radius 3 is 1.55 bits per heavy atom. The standard InChI is InChI=1S/C46H87NO8/c1-3-5-7-9-11-13-15-17-18-19-20-21-22-24-26-28-30-32-34-36-42(50)47-39(38-54-46-45(53)44(52)43(51)41(37-48)55-46)40(49)35-33-31-29-27-25-23-16-14-12-10-8-6-4-2/h8,10,33,35,39-41,43-46,48-49,51-53H,3-7,9,11-32,34,36-38H2,1-2H3,(H,47,50)/b10-8-,35-33+/t39-,40+,41+,43-,44-,45+,46+/m0/s1. The van der Waals surface area contributed by atoms with Crippen LogP contribution in [0.15, 0.2) is 24.3 Å². The summed E-state index contributed by atoms with van der Waals surface area (Å²) in [6, 6.07) is -0.803. The topological polar surface area (TPSA) is 149 Å². The largest absolute Gasteiger partial charge is 0.394 e. The first-order chi connectivity index (χ1) is 26.8. The van der Waals surface area contributed by atoms with Crippen molar-refractivity contribution in [2.75, 3.05) is 13.2 Å². The van der Waals surface area contributed by atoms with E-state index >= 15 is 0 Å². The molecule has 1 fully saturated rings. The van der Waals surface area contributed by atoms with Crippen molar-refractivity contribution in [1.29, 1.82) is 0 Å². The van der Waals surface area contributed by atoms with Gasteiger partial charge in [-0.1, -0.05) is 186 Å². The number of aliphatic hydroxyl groups excluding tert-OH is 5. The van der Waals surface area contributed by atoms with Crippen molar-refractivity contribution in [1.82, 2.24) is 5.32 Å². The van der Waals surface area contributed by atoms with E-state index in [2.05, 4.69) is 31.3 Å². The van der Waals surface area contributed by atoms with Crippen molar-refractivity contribution >= 4 is 5.91 Å². The van der Waals surface area contributed by atoms with Gasteiger partial charge in [0.05, 0.1) is 25.4 Å². The lowest BCUT2D eigenvalue weighted by Gasteiger charge is -2.40. The van der Waals surface area contributed by atoms with Crippen LogP contribution in [-0.4, -0.2) is 87.5 Å². The summed E-state index contributed by atoms with van der Waals surface area (Å²) >= 11 is 0. The fourth-order valence-corrected chi connectivity index (χ4v) is 7.28. The first-order valence-electron chi connectivity index (χ1n) is 23.1. The van der Waals surface area contributed by atoms with Gasteiger partial charge in [0.2, 0.25) is 5.91 Å². The van der Waals surface area contributed by atoms with E-state index in [-0.39, 0.29) is 12.5 Å². The second kappa shape index (κ2) is 37.0. The molecule has 0 bridgehead atoms. The minimum absolute atomic E-state index is 0.178. The summed E-state index contributed by atoms with van der Waals surface area (Å²) in [6.45, 7) is 3.72. The van der Waals surface area contributed by atoms with Crippen LogP contribution < -0.4 is 5.32 Å². The zero-order valence-corrected chi connectivity index (χ0v) is 35.4. The van der Waals surface area contributed by atoms with E-state index in [9.17, 15) is 30.3 Å². The molecule has 0 aliphatic carbocycles. The van der Waals surface area contributed by atoms with Gasteiger partial charge >= 0.3 is 0 Å². The van der Waals surface area contributed by atoms with E-state index in [4.69, 9.17) is 9.47 Å². The van der Waals surface area contributed by atoms with Gasteiger partial charge in [-0.3, -0.25) is 4.79 Å². The molecule has 9 heteroatoms. The maximum Gasteiger partial charge on any atom is 0.220 e. The van der Waals surface area contributed by atoms with Gasteiger partial charge in [-0.2, -0.15) is 0 Å². The van der Waals surface area contributed by atoms with Crippen LogP contribution in [0.2, 0.25) is 0 Å². The number of carbonyl (C=O) groups excluding carboxylic acids is 1. The van der Waals surface area contributed by atoms with Gasteiger partial charge < -0.3 is 40.3 Å². The molecule has 1 saturated heterocycles. The summed E-state index contributed by atoms with van der Waals surface area (Å²) in [7, 11) is 0. The second-order valence-corrected chi connectivity index (χ2v) is 16.2. The number of rotatable bonds is 38. The lowest BCUT2D eigenvalue weighted by molar-refractivity contribution is -0.302. The number of hydrogen-bond acceptors (Lipinski definition) is 8. The first-order valence-corrected chi connectivity index (χ1v) is 23.1. The molecular weight excluding hydrogens is 695 g/mol. The summed E-state index contributed by atoms with van der Waals surface area (Å²) in [5.41, 5.74) is 0. The van der Waals surface area contributed by atoms with Crippen molar-refractivity contribution in [3.05, 3.63) is 24.3 Å². The number of amides is 1. The normalized spacial score (nSPS) is 21.5. The number of aliphatic hydroxyl groups is 5. The van der Waals surface area contributed by atoms with Crippen molar-refractivity contribution in [2.45, 2.75) is 249 Å². The van der Waals surface area contributed by atoms with Crippen LogP contribution in [0, 0.1) is 0 Å². The summed E-state index contributed by atoms with van der Waals surface area (Å²) in [4.78, 5) is 12.9. The lowest BCUT2D eigenvalue weighted by Crippen LogP contribution is -2.60. The van der Waals surface area contributed by atoms with Gasteiger partial charge in [0.25, 0.3) is 0 Å². The average molecular weight is 782 g/mol. The molecular formula is C46H87NO8. The van der Waals surface area contributed by atoms with Gasteiger partial charge in [-0.15, -0.1) is 0 Å². The third kappa shape index (κ3) is 27.9. The van der Waals surface area contributed by atoms with Gasteiger partial charge in [-0.05, 0) is 38.5 Å². The molecule has 0 aromatic carbocycles. The van der Waals surface area contributed by atoms with Crippen LogP contribution in [0.3, 0.4) is 0 Å². The van der Waals surface area contributed by atoms with E-state index in [1.807, 2.05) is 6.08 Å². The lowest BCUT2D eigenvalue weighted by atomic mass is 9.99. The molecule has 1 rings (SSSR count). The molecule has 55 heavy (non-hydrogen) atoms. The molecule has 0 radical (unpaired) electrons. The number of unbranched alkanes of at least 4 members (excludes halogenated alkanes) is 26. The minimum Gasteiger partial charge on any atom is -0.394 e. The molecule has 1 aliphatic rings. The quantitative estimate of drug-likeness (QED) is 0.0268. The van der Waals surface area contributed by atoms with Crippen LogP contribution in [0.25, 0.3) is 0 Å². The van der Waals surface area contributed by atoms with Crippen LogP contribution in [0.5, 0.6) is 0 Å². The Morgan fingerprint density at radius 2 is 1.05 bits per heavy atom. The monoisotopic (exact) mass is 782 g/mol. The van der Waals surface area contributed by atoms with E-state index in [0.717, 1.165) is 44.9 Å². The van der Waals surface area contributed by atoms with Crippen molar-refractivity contribution in [2.24, 2.45) is 0 Å². The Hall–Kier alpha value is -1.33. The van der Waals surface area contributed by atoms with E-state index in [1.165, 1.54) is 141 Å². The zero-order chi connectivity index (χ0) is 40.2. The van der Waals surface area contributed by atoms with Gasteiger partial charge in [-0.25, -0.2) is 0 Å². The predicted molar refractivity (Wildman–Crippen MR) is 226 cm³/mol. The number of allylic oxidation sites excluding steroid dienone is 3. The Kier molecular flexibility index (Phi) is 34.7. The molecule has 1 aliphatic heterocycles. The van der Waals surface area contributed by atoms with Crippen LogP contribution >= 0.6 is 0 Å². The molecule has 0 saturated carbocycles. The fraction of sp³-hybridized carbons (Fsp3) is 0.891. The maximum absolute atomic E-state index is 12.9. The molecule has 0 unspecified atom stereocenters. The molecule has 324 valence electrons. The molecule has 7 atom stereocenters. The molecule has 0 aromatic heterocycles. The average Bonchev–Trinajstić information content (AvgIpc) is 3.18. The van der Waals surface area contributed by atoms with Crippen LogP contribution in [0.4, 0.5) is 0 Å². The highest BCUT2D eigenvalue weighted by atomic mass is 16.7. The zero-order valence-electron chi connectivity index (χ0n) is 35.4. The number of nitrogens with one attached hydrogen (secondary N) is 1. The minimum atomic E-state index is -1.56. The molecule has 9 nitrogen and oxygen atoms in total. The number of ether oxygens (including phenoxy) is 2. The van der Waals surface area contributed by atoms with E-state index in [0.29, 0.717) is 6.42 Å². The van der Waals surface area contributed by atoms with Gasteiger partial charge in [0, 0.05) is 6.42 Å². The molecule has 6 N–H and O–H groups in total. The maximum atomic E-state index is 12.9. The highest BCUT2D eigenvalue weighted by Gasteiger charge is 2.44. The van der Waals surface area contributed by atoms with E-state index < -0.39 is 49.5 Å².